The summed E-state index contributed by atoms with van der Waals surface area (Å²) in [5.41, 5.74) is -0.548. The van der Waals surface area contributed by atoms with E-state index in [9.17, 15) is 20.0 Å². The van der Waals surface area contributed by atoms with Crippen LogP contribution in [0.2, 0.25) is 0 Å². The van der Waals surface area contributed by atoms with Crippen molar-refractivity contribution in [2.24, 2.45) is 5.92 Å². The molecule has 0 radical (unpaired) electrons. The van der Waals surface area contributed by atoms with Gasteiger partial charge in [0.15, 0.2) is 0 Å². The first kappa shape index (κ1) is 14.7. The lowest BCUT2D eigenvalue weighted by atomic mass is 9.92. The zero-order valence-corrected chi connectivity index (χ0v) is 11.4. The van der Waals surface area contributed by atoms with Crippen molar-refractivity contribution in [1.29, 1.82) is 5.26 Å². The summed E-state index contributed by atoms with van der Waals surface area (Å²) in [6, 6.07) is 2.14. The van der Waals surface area contributed by atoms with Crippen molar-refractivity contribution >= 4 is 17.5 Å². The number of hydrogen-bond acceptors (Lipinski definition) is 6. The number of nitrogens with zero attached hydrogens (tertiary/aromatic N) is 4. The first-order valence-corrected chi connectivity index (χ1v) is 6.48. The van der Waals surface area contributed by atoms with Crippen LogP contribution in [0.5, 0.6) is 0 Å². The van der Waals surface area contributed by atoms with Crippen LogP contribution in [-0.2, 0) is 4.79 Å². The molecular formula is C13H14N4O4. The van der Waals surface area contributed by atoms with Crippen molar-refractivity contribution in [3.63, 3.8) is 0 Å². The van der Waals surface area contributed by atoms with Gasteiger partial charge in [0.25, 0.3) is 0 Å². The van der Waals surface area contributed by atoms with E-state index in [-0.39, 0.29) is 17.3 Å². The van der Waals surface area contributed by atoms with Crippen LogP contribution < -0.4 is 4.90 Å². The topological polar surface area (TPSA) is 120 Å². The van der Waals surface area contributed by atoms with Gasteiger partial charge in [0.1, 0.15) is 17.7 Å². The Hall–Kier alpha value is -2.69. The third-order valence-electron chi connectivity index (χ3n) is 3.63. The van der Waals surface area contributed by atoms with E-state index in [1.807, 2.05) is 6.92 Å². The summed E-state index contributed by atoms with van der Waals surface area (Å²) >= 11 is 0. The zero-order chi connectivity index (χ0) is 15.6. The van der Waals surface area contributed by atoms with Crippen molar-refractivity contribution in [2.75, 3.05) is 11.4 Å². The maximum Gasteiger partial charge on any atom is 0.329 e. The third kappa shape index (κ3) is 2.76. The molecule has 8 nitrogen and oxygen atoms in total. The molecule has 0 spiro atoms. The molecule has 1 aliphatic heterocycles. The highest BCUT2D eigenvalue weighted by Gasteiger charge is 2.37. The van der Waals surface area contributed by atoms with Crippen LogP contribution >= 0.6 is 0 Å². The van der Waals surface area contributed by atoms with Gasteiger partial charge in [-0.15, -0.1) is 0 Å². The summed E-state index contributed by atoms with van der Waals surface area (Å²) in [5, 5.41) is 29.6. The molecule has 1 saturated heterocycles. The van der Waals surface area contributed by atoms with Crippen molar-refractivity contribution in [3.05, 3.63) is 27.9 Å². The summed E-state index contributed by atoms with van der Waals surface area (Å²) in [7, 11) is 0. The molecule has 0 bridgehead atoms. The minimum absolute atomic E-state index is 0.0432. The van der Waals surface area contributed by atoms with Gasteiger partial charge < -0.3 is 10.0 Å². The van der Waals surface area contributed by atoms with E-state index in [4.69, 9.17) is 5.26 Å². The van der Waals surface area contributed by atoms with Gasteiger partial charge in [-0.3, -0.25) is 10.1 Å². The number of nitro groups is 1. The number of rotatable bonds is 3. The fourth-order valence-corrected chi connectivity index (χ4v) is 2.55. The van der Waals surface area contributed by atoms with Crippen LogP contribution in [-0.4, -0.2) is 33.6 Å². The maximum absolute atomic E-state index is 11.4. The Balaban J connectivity index is 2.52. The van der Waals surface area contributed by atoms with Gasteiger partial charge in [-0.05, 0) is 24.8 Å². The summed E-state index contributed by atoms with van der Waals surface area (Å²) in [6.07, 6.45) is 2.40. The van der Waals surface area contributed by atoms with E-state index < -0.39 is 22.6 Å². The summed E-state index contributed by atoms with van der Waals surface area (Å²) < 4.78 is 0. The number of aromatic nitrogens is 1. The van der Waals surface area contributed by atoms with Gasteiger partial charge in [0, 0.05) is 12.7 Å². The van der Waals surface area contributed by atoms with Gasteiger partial charge in [-0.1, -0.05) is 6.92 Å². The van der Waals surface area contributed by atoms with E-state index in [1.165, 1.54) is 17.2 Å². The molecule has 1 fully saturated rings. The Labute approximate surface area is 120 Å². The fourth-order valence-electron chi connectivity index (χ4n) is 2.55. The maximum atomic E-state index is 11.4. The summed E-state index contributed by atoms with van der Waals surface area (Å²) in [5.74, 6) is -0.862. The molecular weight excluding hydrogens is 276 g/mol. The second-order valence-electron chi connectivity index (χ2n) is 5.08. The number of anilines is 1. The second kappa shape index (κ2) is 5.75. The lowest BCUT2D eigenvalue weighted by Crippen LogP contribution is -2.47. The van der Waals surface area contributed by atoms with Crippen LogP contribution in [0.25, 0.3) is 0 Å². The molecule has 2 heterocycles. The molecule has 21 heavy (non-hydrogen) atoms. The van der Waals surface area contributed by atoms with Crippen molar-refractivity contribution < 1.29 is 14.8 Å². The quantitative estimate of drug-likeness (QED) is 0.662. The van der Waals surface area contributed by atoms with Crippen LogP contribution in [0.1, 0.15) is 25.3 Å². The van der Waals surface area contributed by atoms with Crippen molar-refractivity contribution in [3.8, 4) is 6.07 Å². The standard InChI is InChI=1S/C13H14N4O4/c1-8-3-5-16(10(6-8)13(18)19)12-11(17(20)21)9(7-14)2-4-15-12/h2,4,8,10H,3,5-6H2,1H3,(H,18,19). The van der Waals surface area contributed by atoms with Crippen LogP contribution in [0.3, 0.4) is 0 Å². The SMILES string of the molecule is CC1CCN(c2nccc(C#N)c2[N+](=O)[O-])C(C(=O)O)C1. The number of carboxylic acids is 1. The first-order valence-electron chi connectivity index (χ1n) is 6.48. The number of nitriles is 1. The lowest BCUT2D eigenvalue weighted by molar-refractivity contribution is -0.384. The molecule has 110 valence electrons. The van der Waals surface area contributed by atoms with Crippen molar-refractivity contribution in [2.45, 2.75) is 25.8 Å². The van der Waals surface area contributed by atoms with Gasteiger partial charge in [-0.2, -0.15) is 5.26 Å². The molecule has 0 aliphatic carbocycles. The summed E-state index contributed by atoms with van der Waals surface area (Å²) in [6.45, 7) is 2.31. The number of pyridine rings is 1. The minimum Gasteiger partial charge on any atom is -0.480 e. The Kier molecular flexibility index (Phi) is 4.03. The molecule has 2 atom stereocenters. The van der Waals surface area contributed by atoms with Crippen LogP contribution in [0, 0.1) is 27.4 Å². The second-order valence-corrected chi connectivity index (χ2v) is 5.08. The average molecular weight is 290 g/mol. The Morgan fingerprint density at radius 2 is 2.38 bits per heavy atom. The van der Waals surface area contributed by atoms with Gasteiger partial charge in [0.05, 0.1) is 4.92 Å². The predicted octanol–water partition coefficient (Wildman–Crippen LogP) is 1.55. The largest absolute Gasteiger partial charge is 0.480 e. The minimum atomic E-state index is -1.04. The van der Waals surface area contributed by atoms with Crippen LogP contribution in [0.4, 0.5) is 11.5 Å². The Morgan fingerprint density at radius 1 is 1.67 bits per heavy atom. The van der Waals surface area contributed by atoms with Crippen molar-refractivity contribution in [1.82, 2.24) is 4.98 Å². The van der Waals surface area contributed by atoms with Gasteiger partial charge >= 0.3 is 11.7 Å². The molecule has 1 aliphatic rings. The molecule has 1 N–H and O–H groups in total. The smallest absolute Gasteiger partial charge is 0.329 e. The summed E-state index contributed by atoms with van der Waals surface area (Å²) in [4.78, 5) is 27.3. The van der Waals surface area contributed by atoms with E-state index in [2.05, 4.69) is 4.98 Å². The molecule has 0 amide bonds. The third-order valence-corrected chi connectivity index (χ3v) is 3.63. The molecule has 1 aromatic rings. The number of carboxylic acid groups (broad SMARTS) is 1. The molecule has 1 aromatic heterocycles. The molecule has 0 saturated carbocycles. The zero-order valence-electron chi connectivity index (χ0n) is 11.4. The van der Waals surface area contributed by atoms with Crippen LogP contribution in [0.15, 0.2) is 12.3 Å². The lowest BCUT2D eigenvalue weighted by Gasteiger charge is -2.36. The predicted molar refractivity (Wildman–Crippen MR) is 72.8 cm³/mol. The number of hydrogen-bond donors (Lipinski definition) is 1. The average Bonchev–Trinajstić information content (AvgIpc) is 2.46. The first-order chi connectivity index (χ1) is 9.95. The molecule has 8 heteroatoms. The van der Waals surface area contributed by atoms with Gasteiger partial charge in [0.2, 0.25) is 5.82 Å². The number of aliphatic carboxylic acids is 1. The number of piperidine rings is 1. The van der Waals surface area contributed by atoms with E-state index in [1.54, 1.807) is 6.07 Å². The number of carbonyl (C=O) groups is 1. The monoisotopic (exact) mass is 290 g/mol. The fraction of sp³-hybridized carbons (Fsp3) is 0.462. The Bertz CT molecular complexity index is 625. The van der Waals surface area contributed by atoms with E-state index in [0.29, 0.717) is 13.0 Å². The normalized spacial score (nSPS) is 21.6. The molecule has 2 unspecified atom stereocenters. The van der Waals surface area contributed by atoms with E-state index >= 15 is 0 Å². The highest BCUT2D eigenvalue weighted by atomic mass is 16.6. The highest BCUT2D eigenvalue weighted by molar-refractivity contribution is 5.80. The molecule has 0 aromatic carbocycles. The van der Waals surface area contributed by atoms with E-state index in [0.717, 1.165) is 6.42 Å². The Morgan fingerprint density at radius 3 is 2.95 bits per heavy atom. The highest BCUT2D eigenvalue weighted by Crippen LogP contribution is 2.34. The molecule has 2 rings (SSSR count). The van der Waals surface area contributed by atoms with Gasteiger partial charge in [-0.25, -0.2) is 9.78 Å².